The first kappa shape index (κ1) is 14.0. The lowest BCUT2D eigenvalue weighted by atomic mass is 10.1. The third-order valence-corrected chi connectivity index (χ3v) is 4.10. The van der Waals surface area contributed by atoms with Gasteiger partial charge in [0.2, 0.25) is 0 Å². The molecule has 1 aromatic heterocycles. The summed E-state index contributed by atoms with van der Waals surface area (Å²) in [5.41, 5.74) is 8.68. The Morgan fingerprint density at radius 1 is 1.19 bits per heavy atom. The largest absolute Gasteiger partial charge is 0.496 e. The van der Waals surface area contributed by atoms with Gasteiger partial charge in [-0.25, -0.2) is 4.98 Å². The van der Waals surface area contributed by atoms with E-state index in [4.69, 9.17) is 14.9 Å². The third kappa shape index (κ3) is 2.75. The minimum Gasteiger partial charge on any atom is -0.496 e. The molecule has 0 aliphatic heterocycles. The molecule has 2 N–H and O–H groups in total. The van der Waals surface area contributed by atoms with Gasteiger partial charge in [0.1, 0.15) is 11.3 Å². The molecule has 0 saturated heterocycles. The molecule has 3 rings (SSSR count). The van der Waals surface area contributed by atoms with E-state index in [1.54, 1.807) is 7.11 Å². The number of para-hydroxylation sites is 2. The average molecular weight is 300 g/mol. The summed E-state index contributed by atoms with van der Waals surface area (Å²) in [6.07, 6.45) is 0. The molecule has 0 aliphatic carbocycles. The number of ether oxygens (including phenoxy) is 1. The second-order valence-corrected chi connectivity index (χ2v) is 5.70. The van der Waals surface area contributed by atoms with Crippen molar-refractivity contribution >= 4 is 22.9 Å². The summed E-state index contributed by atoms with van der Waals surface area (Å²) in [5, 5.41) is 0.603. The van der Waals surface area contributed by atoms with E-state index in [9.17, 15) is 0 Å². The second-order valence-electron chi connectivity index (χ2n) is 4.71. The zero-order chi connectivity index (χ0) is 14.8. The first-order chi connectivity index (χ1) is 10.2. The summed E-state index contributed by atoms with van der Waals surface area (Å²) in [5.74, 6) is 0.783. The number of nitrogens with zero attached hydrogens (tertiary/aromatic N) is 1. The molecule has 0 saturated carbocycles. The molecular weight excluding hydrogens is 284 g/mol. The standard InChI is InChI=1S/C16H16N2O2S/c1-10(17)15-13(19-2)8-5-9-14(15)21-16-18-11-6-3-4-7-12(11)20-16/h3-10H,17H2,1-2H3/t10-/m0/s1. The van der Waals surface area contributed by atoms with E-state index in [1.807, 2.05) is 49.4 Å². The van der Waals surface area contributed by atoms with Gasteiger partial charge >= 0.3 is 0 Å². The normalized spacial score (nSPS) is 12.5. The monoisotopic (exact) mass is 300 g/mol. The Kier molecular flexibility index (Phi) is 3.86. The van der Waals surface area contributed by atoms with E-state index in [1.165, 1.54) is 11.8 Å². The van der Waals surface area contributed by atoms with Crippen LogP contribution in [0.15, 0.2) is 57.0 Å². The first-order valence-electron chi connectivity index (χ1n) is 6.65. The highest BCUT2D eigenvalue weighted by atomic mass is 32.2. The SMILES string of the molecule is COc1cccc(Sc2nc3ccccc3o2)c1[C@H](C)N. The van der Waals surface area contributed by atoms with Crippen molar-refractivity contribution in [1.82, 2.24) is 4.98 Å². The number of hydrogen-bond donors (Lipinski definition) is 1. The van der Waals surface area contributed by atoms with Crippen molar-refractivity contribution in [1.29, 1.82) is 0 Å². The number of nitrogens with two attached hydrogens (primary N) is 1. The van der Waals surface area contributed by atoms with E-state index in [0.717, 1.165) is 27.3 Å². The molecule has 0 amide bonds. The maximum atomic E-state index is 6.08. The molecule has 0 bridgehead atoms. The van der Waals surface area contributed by atoms with Gasteiger partial charge in [-0.1, -0.05) is 18.2 Å². The van der Waals surface area contributed by atoms with Gasteiger partial charge in [-0.15, -0.1) is 0 Å². The second kappa shape index (κ2) is 5.79. The van der Waals surface area contributed by atoms with Gasteiger partial charge < -0.3 is 14.9 Å². The van der Waals surface area contributed by atoms with Crippen LogP contribution < -0.4 is 10.5 Å². The van der Waals surface area contributed by atoms with Crippen LogP contribution in [0.5, 0.6) is 5.75 Å². The van der Waals surface area contributed by atoms with Gasteiger partial charge in [-0.3, -0.25) is 0 Å². The summed E-state index contributed by atoms with van der Waals surface area (Å²) in [6.45, 7) is 1.94. The van der Waals surface area contributed by atoms with Crippen LogP contribution in [0.25, 0.3) is 11.1 Å². The van der Waals surface area contributed by atoms with Crippen LogP contribution in [0.4, 0.5) is 0 Å². The Hall–Kier alpha value is -1.98. The molecule has 3 aromatic rings. The van der Waals surface area contributed by atoms with Gasteiger partial charge in [-0.2, -0.15) is 0 Å². The van der Waals surface area contributed by atoms with Crippen LogP contribution >= 0.6 is 11.8 Å². The lowest BCUT2D eigenvalue weighted by Crippen LogP contribution is -2.08. The molecule has 1 atom stereocenters. The third-order valence-electron chi connectivity index (χ3n) is 3.17. The number of methoxy groups -OCH3 is 1. The number of hydrogen-bond acceptors (Lipinski definition) is 5. The van der Waals surface area contributed by atoms with Gasteiger partial charge in [-0.05, 0) is 43.0 Å². The number of rotatable bonds is 4. The summed E-state index contributed by atoms with van der Waals surface area (Å²) in [7, 11) is 1.65. The van der Waals surface area contributed by atoms with Crippen LogP contribution in [-0.2, 0) is 0 Å². The Balaban J connectivity index is 2.01. The van der Waals surface area contributed by atoms with Crippen molar-refractivity contribution in [2.24, 2.45) is 5.73 Å². The smallest absolute Gasteiger partial charge is 0.261 e. The zero-order valence-corrected chi connectivity index (χ0v) is 12.7. The van der Waals surface area contributed by atoms with Crippen molar-refractivity contribution < 1.29 is 9.15 Å². The zero-order valence-electron chi connectivity index (χ0n) is 11.9. The Labute approximate surface area is 127 Å². The topological polar surface area (TPSA) is 61.3 Å². The quantitative estimate of drug-likeness (QED) is 0.789. The van der Waals surface area contributed by atoms with Gasteiger partial charge in [0.05, 0.1) is 7.11 Å². The van der Waals surface area contributed by atoms with Crippen molar-refractivity contribution in [2.75, 3.05) is 7.11 Å². The predicted molar refractivity (Wildman–Crippen MR) is 83.7 cm³/mol. The van der Waals surface area contributed by atoms with Crippen molar-refractivity contribution in [2.45, 2.75) is 23.1 Å². The summed E-state index contributed by atoms with van der Waals surface area (Å²) < 4.78 is 11.2. The van der Waals surface area contributed by atoms with Crippen molar-refractivity contribution in [3.63, 3.8) is 0 Å². The molecule has 4 nitrogen and oxygen atoms in total. The van der Waals surface area contributed by atoms with Crippen LogP contribution in [0.1, 0.15) is 18.5 Å². The highest BCUT2D eigenvalue weighted by Crippen LogP contribution is 2.38. The number of aromatic nitrogens is 1. The van der Waals surface area contributed by atoms with E-state index in [0.29, 0.717) is 5.22 Å². The van der Waals surface area contributed by atoms with Crippen LogP contribution in [-0.4, -0.2) is 12.1 Å². The molecule has 0 aliphatic rings. The predicted octanol–water partition coefficient (Wildman–Crippen LogP) is 4.01. The number of fused-ring (bicyclic) bond motifs is 1. The summed E-state index contributed by atoms with van der Waals surface area (Å²) in [4.78, 5) is 5.47. The molecular formula is C16H16N2O2S. The fourth-order valence-corrected chi connectivity index (χ4v) is 3.24. The summed E-state index contributed by atoms with van der Waals surface area (Å²) in [6, 6.07) is 13.4. The molecule has 0 unspecified atom stereocenters. The van der Waals surface area contributed by atoms with Crippen LogP contribution in [0.2, 0.25) is 0 Å². The summed E-state index contributed by atoms with van der Waals surface area (Å²) >= 11 is 1.46. The van der Waals surface area contributed by atoms with Crippen LogP contribution in [0.3, 0.4) is 0 Å². The van der Waals surface area contributed by atoms with Gasteiger partial charge in [0.25, 0.3) is 5.22 Å². The molecule has 108 valence electrons. The Morgan fingerprint density at radius 2 is 2.00 bits per heavy atom. The van der Waals surface area contributed by atoms with E-state index < -0.39 is 0 Å². The van der Waals surface area contributed by atoms with Crippen molar-refractivity contribution in [3.05, 3.63) is 48.0 Å². The van der Waals surface area contributed by atoms with Crippen LogP contribution in [0, 0.1) is 0 Å². The highest BCUT2D eigenvalue weighted by molar-refractivity contribution is 7.99. The lowest BCUT2D eigenvalue weighted by Gasteiger charge is -2.15. The minimum absolute atomic E-state index is 0.131. The Morgan fingerprint density at radius 3 is 2.71 bits per heavy atom. The van der Waals surface area contributed by atoms with E-state index in [-0.39, 0.29) is 6.04 Å². The molecule has 5 heteroatoms. The maximum Gasteiger partial charge on any atom is 0.261 e. The van der Waals surface area contributed by atoms with Gasteiger partial charge in [0.15, 0.2) is 5.58 Å². The van der Waals surface area contributed by atoms with Crippen molar-refractivity contribution in [3.8, 4) is 5.75 Å². The number of oxazole rings is 1. The molecule has 2 aromatic carbocycles. The minimum atomic E-state index is -0.131. The molecule has 0 radical (unpaired) electrons. The van der Waals surface area contributed by atoms with E-state index in [2.05, 4.69) is 4.98 Å². The molecule has 0 spiro atoms. The highest BCUT2D eigenvalue weighted by Gasteiger charge is 2.16. The number of benzene rings is 2. The first-order valence-corrected chi connectivity index (χ1v) is 7.46. The maximum absolute atomic E-state index is 6.08. The molecule has 21 heavy (non-hydrogen) atoms. The fourth-order valence-electron chi connectivity index (χ4n) is 2.23. The molecule has 1 heterocycles. The fraction of sp³-hybridized carbons (Fsp3) is 0.188. The Bertz CT molecular complexity index is 735. The average Bonchev–Trinajstić information content (AvgIpc) is 2.88. The van der Waals surface area contributed by atoms with Gasteiger partial charge in [0, 0.05) is 16.5 Å². The lowest BCUT2D eigenvalue weighted by molar-refractivity contribution is 0.405. The van der Waals surface area contributed by atoms with E-state index >= 15 is 0 Å². The molecule has 0 fully saturated rings.